The third kappa shape index (κ3) is 3.11. The lowest BCUT2D eigenvalue weighted by atomic mass is 9.94. The van der Waals surface area contributed by atoms with E-state index < -0.39 is 17.5 Å². The minimum absolute atomic E-state index is 0.0126. The molecule has 1 aliphatic carbocycles. The number of amides is 1. The van der Waals surface area contributed by atoms with Crippen LogP contribution in [0.2, 0.25) is 0 Å². The van der Waals surface area contributed by atoms with Crippen LogP contribution in [0.3, 0.4) is 0 Å². The van der Waals surface area contributed by atoms with Gasteiger partial charge in [0.1, 0.15) is 23.1 Å². The summed E-state index contributed by atoms with van der Waals surface area (Å²) in [6, 6.07) is 3.51. The number of furan rings is 1. The minimum Gasteiger partial charge on any atom is -0.455 e. The third-order valence-corrected chi connectivity index (χ3v) is 5.29. The normalized spacial score (nSPS) is 19.3. The van der Waals surface area contributed by atoms with Crippen LogP contribution in [0.4, 0.5) is 14.5 Å². The highest BCUT2D eigenvalue weighted by Crippen LogP contribution is 2.30. The van der Waals surface area contributed by atoms with Crippen molar-refractivity contribution in [1.82, 2.24) is 5.32 Å². The Morgan fingerprint density at radius 2 is 2.00 bits per heavy atom. The van der Waals surface area contributed by atoms with Crippen molar-refractivity contribution >= 4 is 17.4 Å². The molecule has 1 aromatic heterocycles. The second kappa shape index (κ2) is 6.79. The number of anilines is 1. The van der Waals surface area contributed by atoms with Crippen molar-refractivity contribution in [2.45, 2.75) is 38.6 Å². The Morgan fingerprint density at radius 3 is 2.70 bits per heavy atom. The number of fused-ring (bicyclic) bond motifs is 1. The molecule has 0 radical (unpaired) electrons. The van der Waals surface area contributed by atoms with E-state index in [2.05, 4.69) is 5.32 Å². The molecule has 1 amide bonds. The SMILES string of the molecule is Cc1c(C(=O)NC2CCN(c3c(F)cccc3F)C2)oc2c1C(=O)CCC2. The molecule has 1 aliphatic heterocycles. The lowest BCUT2D eigenvalue weighted by molar-refractivity contribution is 0.0906. The number of ketones is 1. The molecule has 2 aromatic rings. The summed E-state index contributed by atoms with van der Waals surface area (Å²) in [6.07, 6.45) is 2.42. The Morgan fingerprint density at radius 1 is 1.26 bits per heavy atom. The quantitative estimate of drug-likeness (QED) is 0.895. The van der Waals surface area contributed by atoms with Gasteiger partial charge in [-0.3, -0.25) is 9.59 Å². The average Bonchev–Trinajstić information content (AvgIpc) is 3.20. The Balaban J connectivity index is 1.48. The van der Waals surface area contributed by atoms with Crippen LogP contribution in [0.15, 0.2) is 22.6 Å². The highest BCUT2D eigenvalue weighted by Gasteiger charge is 2.32. The zero-order chi connectivity index (χ0) is 19.1. The molecule has 1 saturated heterocycles. The number of nitrogens with zero attached hydrogens (tertiary/aromatic N) is 1. The smallest absolute Gasteiger partial charge is 0.287 e. The summed E-state index contributed by atoms with van der Waals surface area (Å²) < 4.78 is 33.6. The first-order valence-electron chi connectivity index (χ1n) is 9.11. The molecule has 2 aliphatic rings. The first kappa shape index (κ1) is 17.7. The number of carbonyl (C=O) groups excluding carboxylic acids is 2. The van der Waals surface area contributed by atoms with E-state index in [9.17, 15) is 18.4 Å². The van der Waals surface area contributed by atoms with Gasteiger partial charge in [0, 0.05) is 37.5 Å². The van der Waals surface area contributed by atoms with Gasteiger partial charge >= 0.3 is 0 Å². The fraction of sp³-hybridized carbons (Fsp3) is 0.400. The molecule has 0 saturated carbocycles. The molecular weight excluding hydrogens is 354 g/mol. The summed E-state index contributed by atoms with van der Waals surface area (Å²) in [5.41, 5.74) is 1.04. The van der Waals surface area contributed by atoms with Crippen molar-refractivity contribution in [3.63, 3.8) is 0 Å². The number of hydrogen-bond acceptors (Lipinski definition) is 4. The van der Waals surface area contributed by atoms with Gasteiger partial charge in [-0.25, -0.2) is 8.78 Å². The number of para-hydroxylation sites is 1. The zero-order valence-electron chi connectivity index (χ0n) is 15.0. The molecule has 1 aromatic carbocycles. The molecule has 2 heterocycles. The van der Waals surface area contributed by atoms with Crippen LogP contribution in [0.25, 0.3) is 0 Å². The van der Waals surface area contributed by atoms with Gasteiger partial charge in [-0.05, 0) is 31.9 Å². The number of carbonyl (C=O) groups is 2. The molecular formula is C20H20F2N2O3. The Kier molecular flexibility index (Phi) is 4.45. The van der Waals surface area contributed by atoms with Crippen molar-refractivity contribution in [2.75, 3.05) is 18.0 Å². The van der Waals surface area contributed by atoms with Crippen LogP contribution in [-0.2, 0) is 6.42 Å². The number of nitrogens with one attached hydrogen (secondary N) is 1. The maximum absolute atomic E-state index is 14.0. The van der Waals surface area contributed by atoms with Gasteiger partial charge in [0.15, 0.2) is 11.5 Å². The van der Waals surface area contributed by atoms with Crippen LogP contribution in [0.5, 0.6) is 0 Å². The summed E-state index contributed by atoms with van der Waals surface area (Å²) in [7, 11) is 0. The van der Waals surface area contributed by atoms with Crippen LogP contribution in [0.1, 0.15) is 51.5 Å². The lowest BCUT2D eigenvalue weighted by Gasteiger charge is -2.20. The van der Waals surface area contributed by atoms with Crippen LogP contribution >= 0.6 is 0 Å². The van der Waals surface area contributed by atoms with E-state index in [1.807, 2.05) is 0 Å². The standard InChI is InChI=1S/C20H20F2N2O3/c1-11-17-15(25)6-3-7-16(17)27-19(11)20(26)23-12-8-9-24(10-12)18-13(21)4-2-5-14(18)22/h2,4-5,12H,3,6-10H2,1H3,(H,23,26). The molecule has 1 unspecified atom stereocenters. The lowest BCUT2D eigenvalue weighted by Crippen LogP contribution is -2.37. The summed E-state index contributed by atoms with van der Waals surface area (Å²) in [6.45, 7) is 2.47. The summed E-state index contributed by atoms with van der Waals surface area (Å²) in [4.78, 5) is 26.3. The number of hydrogen-bond donors (Lipinski definition) is 1. The summed E-state index contributed by atoms with van der Waals surface area (Å²) in [5, 5.41) is 2.87. The molecule has 7 heteroatoms. The molecule has 1 fully saturated rings. The molecule has 27 heavy (non-hydrogen) atoms. The first-order valence-corrected chi connectivity index (χ1v) is 9.11. The van der Waals surface area contributed by atoms with E-state index >= 15 is 0 Å². The van der Waals surface area contributed by atoms with Crippen LogP contribution < -0.4 is 10.2 Å². The van der Waals surface area contributed by atoms with Gasteiger partial charge in [0.25, 0.3) is 5.91 Å². The fourth-order valence-electron chi connectivity index (χ4n) is 3.99. The van der Waals surface area contributed by atoms with E-state index in [1.165, 1.54) is 18.2 Å². The number of rotatable bonds is 3. The predicted molar refractivity (Wildman–Crippen MR) is 95.2 cm³/mol. The van der Waals surface area contributed by atoms with E-state index in [0.29, 0.717) is 49.2 Å². The van der Waals surface area contributed by atoms with E-state index in [0.717, 1.165) is 6.42 Å². The van der Waals surface area contributed by atoms with Gasteiger partial charge in [-0.2, -0.15) is 0 Å². The van der Waals surface area contributed by atoms with Gasteiger partial charge < -0.3 is 14.6 Å². The minimum atomic E-state index is -0.616. The first-order chi connectivity index (χ1) is 13.0. The molecule has 1 N–H and O–H groups in total. The van der Waals surface area contributed by atoms with Gasteiger partial charge in [0.2, 0.25) is 0 Å². The Hall–Kier alpha value is -2.70. The highest BCUT2D eigenvalue weighted by molar-refractivity contribution is 6.03. The zero-order valence-corrected chi connectivity index (χ0v) is 15.0. The molecule has 0 spiro atoms. The topological polar surface area (TPSA) is 62.6 Å². The molecule has 1 atom stereocenters. The van der Waals surface area contributed by atoms with Crippen molar-refractivity contribution in [2.24, 2.45) is 0 Å². The third-order valence-electron chi connectivity index (χ3n) is 5.29. The van der Waals surface area contributed by atoms with Crippen molar-refractivity contribution in [1.29, 1.82) is 0 Å². The van der Waals surface area contributed by atoms with Gasteiger partial charge in [-0.1, -0.05) is 6.07 Å². The second-order valence-electron chi connectivity index (χ2n) is 7.11. The molecule has 142 valence electrons. The Labute approximate surface area is 155 Å². The maximum atomic E-state index is 14.0. The molecule has 4 rings (SSSR count). The van der Waals surface area contributed by atoms with Crippen molar-refractivity contribution < 1.29 is 22.8 Å². The second-order valence-corrected chi connectivity index (χ2v) is 7.11. The maximum Gasteiger partial charge on any atom is 0.287 e. The van der Waals surface area contributed by atoms with E-state index in [-0.39, 0.29) is 23.3 Å². The predicted octanol–water partition coefficient (Wildman–Crippen LogP) is 3.39. The van der Waals surface area contributed by atoms with Crippen LogP contribution in [0, 0.1) is 18.6 Å². The van der Waals surface area contributed by atoms with Crippen molar-refractivity contribution in [3.8, 4) is 0 Å². The fourth-order valence-corrected chi connectivity index (χ4v) is 3.99. The monoisotopic (exact) mass is 374 g/mol. The highest BCUT2D eigenvalue weighted by atomic mass is 19.1. The number of benzene rings is 1. The van der Waals surface area contributed by atoms with Gasteiger partial charge in [-0.15, -0.1) is 0 Å². The largest absolute Gasteiger partial charge is 0.455 e. The summed E-state index contributed by atoms with van der Waals surface area (Å²) in [5.74, 6) is -0.875. The number of halogens is 2. The Bertz CT molecular complexity index is 902. The molecule has 0 bridgehead atoms. The van der Waals surface area contributed by atoms with Crippen molar-refractivity contribution in [3.05, 3.63) is 52.5 Å². The number of aryl methyl sites for hydroxylation is 1. The van der Waals surface area contributed by atoms with Crippen LogP contribution in [-0.4, -0.2) is 30.8 Å². The van der Waals surface area contributed by atoms with Gasteiger partial charge in [0.05, 0.1) is 5.56 Å². The van der Waals surface area contributed by atoms with E-state index in [4.69, 9.17) is 4.42 Å². The molecule has 5 nitrogen and oxygen atoms in total. The van der Waals surface area contributed by atoms with E-state index in [1.54, 1.807) is 11.8 Å². The summed E-state index contributed by atoms with van der Waals surface area (Å²) >= 11 is 0. The number of Topliss-reactive ketones (excluding diaryl/α,β-unsaturated/α-hetero) is 1. The average molecular weight is 374 g/mol.